The minimum absolute atomic E-state index is 0.00170. The van der Waals surface area contributed by atoms with Crippen molar-refractivity contribution in [3.05, 3.63) is 23.8 Å². The highest BCUT2D eigenvalue weighted by Gasteiger charge is 2.11. The third-order valence-corrected chi connectivity index (χ3v) is 3.05. The van der Waals surface area contributed by atoms with Crippen molar-refractivity contribution in [3.63, 3.8) is 0 Å². The number of anilines is 1. The lowest BCUT2D eigenvalue weighted by molar-refractivity contribution is -0.118. The first-order valence-electron chi connectivity index (χ1n) is 7.35. The Kier molecular flexibility index (Phi) is 7.09. The quantitative estimate of drug-likeness (QED) is 0.719. The molecule has 0 spiro atoms. The van der Waals surface area contributed by atoms with E-state index in [-0.39, 0.29) is 11.8 Å². The summed E-state index contributed by atoms with van der Waals surface area (Å²) >= 11 is 0. The lowest BCUT2D eigenvalue weighted by atomic mass is 10.1. The van der Waals surface area contributed by atoms with E-state index in [1.54, 1.807) is 0 Å². The number of carbonyl (C=O) groups excluding carboxylic acids is 1. The first-order chi connectivity index (χ1) is 9.58. The largest absolute Gasteiger partial charge is 0.492 e. The summed E-state index contributed by atoms with van der Waals surface area (Å²) in [7, 11) is 0. The van der Waals surface area contributed by atoms with Crippen LogP contribution in [0.15, 0.2) is 18.2 Å². The van der Waals surface area contributed by atoms with Gasteiger partial charge in [0.15, 0.2) is 0 Å². The Balaban J connectivity index is 2.81. The minimum Gasteiger partial charge on any atom is -0.492 e. The predicted octanol–water partition coefficient (Wildman–Crippen LogP) is 2.96. The van der Waals surface area contributed by atoms with Crippen molar-refractivity contribution in [2.75, 3.05) is 18.5 Å². The summed E-state index contributed by atoms with van der Waals surface area (Å²) in [5, 5.41) is 2.91. The van der Waals surface area contributed by atoms with Gasteiger partial charge in [-0.3, -0.25) is 4.79 Å². The molecule has 0 bridgehead atoms. The van der Waals surface area contributed by atoms with Crippen molar-refractivity contribution in [2.24, 2.45) is 11.7 Å². The normalized spacial score (nSPS) is 10.7. The predicted molar refractivity (Wildman–Crippen MR) is 83.1 cm³/mol. The van der Waals surface area contributed by atoms with Gasteiger partial charge in [0.1, 0.15) is 5.75 Å². The van der Waals surface area contributed by atoms with Gasteiger partial charge >= 0.3 is 0 Å². The average Bonchev–Trinajstić information content (AvgIpc) is 2.42. The van der Waals surface area contributed by atoms with Crippen LogP contribution in [0, 0.1) is 5.92 Å². The van der Waals surface area contributed by atoms with E-state index in [2.05, 4.69) is 5.32 Å². The van der Waals surface area contributed by atoms with Crippen LogP contribution < -0.4 is 15.8 Å². The molecular formula is C16H26N2O2. The monoisotopic (exact) mass is 278 g/mol. The molecule has 0 saturated heterocycles. The van der Waals surface area contributed by atoms with Gasteiger partial charge in [0.05, 0.1) is 12.3 Å². The Bertz CT molecular complexity index is 430. The molecule has 4 heteroatoms. The summed E-state index contributed by atoms with van der Waals surface area (Å²) in [6.07, 6.45) is 3.07. The lowest BCUT2D eigenvalue weighted by Crippen LogP contribution is -2.18. The maximum atomic E-state index is 11.8. The number of amides is 1. The number of hydrogen-bond acceptors (Lipinski definition) is 3. The van der Waals surface area contributed by atoms with Gasteiger partial charge in [-0.25, -0.2) is 0 Å². The number of unbranched alkanes of at least 4 members (excludes halogenated alkanes) is 1. The van der Waals surface area contributed by atoms with Gasteiger partial charge in [-0.15, -0.1) is 0 Å². The molecule has 1 aromatic rings. The Hall–Kier alpha value is -1.55. The van der Waals surface area contributed by atoms with Gasteiger partial charge in [-0.1, -0.05) is 19.9 Å². The van der Waals surface area contributed by atoms with E-state index in [9.17, 15) is 4.79 Å². The first kappa shape index (κ1) is 16.5. The van der Waals surface area contributed by atoms with Crippen LogP contribution in [0.3, 0.4) is 0 Å². The molecule has 0 atom stereocenters. The molecule has 0 aliphatic rings. The molecular weight excluding hydrogens is 252 g/mol. The van der Waals surface area contributed by atoms with Crippen LogP contribution in [-0.4, -0.2) is 19.1 Å². The topological polar surface area (TPSA) is 64.3 Å². The fourth-order valence-corrected chi connectivity index (χ4v) is 1.85. The number of nitrogens with two attached hydrogens (primary N) is 1. The standard InChI is InChI=1S/C16H26N2O2/c1-4-20-15-11-13(7-5-6-10-17)8-9-14(15)18-16(19)12(2)3/h8-9,11-12H,4-7,10,17H2,1-3H3,(H,18,19). The molecule has 1 rings (SSSR count). The Morgan fingerprint density at radius 2 is 2.10 bits per heavy atom. The molecule has 0 aliphatic heterocycles. The molecule has 1 aromatic carbocycles. The number of hydrogen-bond donors (Lipinski definition) is 2. The van der Waals surface area contributed by atoms with E-state index >= 15 is 0 Å². The summed E-state index contributed by atoms with van der Waals surface area (Å²) in [6.45, 7) is 6.99. The molecule has 0 saturated carbocycles. The van der Waals surface area contributed by atoms with Crippen LogP contribution in [-0.2, 0) is 11.2 Å². The SMILES string of the molecule is CCOc1cc(CCCCN)ccc1NC(=O)C(C)C. The second-order valence-corrected chi connectivity index (χ2v) is 5.15. The second-order valence-electron chi connectivity index (χ2n) is 5.15. The summed E-state index contributed by atoms with van der Waals surface area (Å²) in [6, 6.07) is 5.97. The van der Waals surface area contributed by atoms with E-state index in [0.29, 0.717) is 6.61 Å². The molecule has 3 N–H and O–H groups in total. The zero-order valence-corrected chi connectivity index (χ0v) is 12.7. The Labute approximate surface area is 121 Å². The van der Waals surface area contributed by atoms with Gasteiger partial charge in [0.2, 0.25) is 5.91 Å². The fraction of sp³-hybridized carbons (Fsp3) is 0.562. The molecule has 0 unspecified atom stereocenters. The van der Waals surface area contributed by atoms with Crippen LogP contribution in [0.2, 0.25) is 0 Å². The molecule has 0 fully saturated rings. The molecule has 1 amide bonds. The minimum atomic E-state index is -0.0475. The number of carbonyl (C=O) groups is 1. The summed E-state index contributed by atoms with van der Waals surface area (Å²) in [5.74, 6) is 0.697. The Morgan fingerprint density at radius 1 is 1.35 bits per heavy atom. The highest BCUT2D eigenvalue weighted by molar-refractivity contribution is 5.93. The van der Waals surface area contributed by atoms with Gasteiger partial charge in [0.25, 0.3) is 0 Å². The first-order valence-corrected chi connectivity index (χ1v) is 7.35. The van der Waals surface area contributed by atoms with Crippen molar-refractivity contribution in [2.45, 2.75) is 40.0 Å². The van der Waals surface area contributed by atoms with Gasteiger partial charge < -0.3 is 15.8 Å². The average molecular weight is 278 g/mol. The number of aryl methyl sites for hydroxylation is 1. The molecule has 20 heavy (non-hydrogen) atoms. The lowest BCUT2D eigenvalue weighted by Gasteiger charge is -2.14. The number of ether oxygens (including phenoxy) is 1. The molecule has 0 aliphatic carbocycles. The van der Waals surface area contributed by atoms with Crippen molar-refractivity contribution in [3.8, 4) is 5.75 Å². The van der Waals surface area contributed by atoms with Crippen molar-refractivity contribution < 1.29 is 9.53 Å². The molecule has 0 aromatic heterocycles. The fourth-order valence-electron chi connectivity index (χ4n) is 1.85. The third kappa shape index (κ3) is 5.21. The maximum absolute atomic E-state index is 11.8. The zero-order chi connectivity index (χ0) is 15.0. The maximum Gasteiger partial charge on any atom is 0.227 e. The van der Waals surface area contributed by atoms with E-state index in [0.717, 1.165) is 37.2 Å². The van der Waals surface area contributed by atoms with Gasteiger partial charge in [-0.2, -0.15) is 0 Å². The van der Waals surface area contributed by atoms with E-state index in [1.165, 1.54) is 5.56 Å². The van der Waals surface area contributed by atoms with Crippen molar-refractivity contribution >= 4 is 11.6 Å². The second kappa shape index (κ2) is 8.59. The van der Waals surface area contributed by atoms with Crippen molar-refractivity contribution in [1.82, 2.24) is 0 Å². The molecule has 112 valence electrons. The smallest absolute Gasteiger partial charge is 0.227 e. The van der Waals surface area contributed by atoms with Crippen LogP contribution >= 0.6 is 0 Å². The number of benzene rings is 1. The third-order valence-electron chi connectivity index (χ3n) is 3.05. The molecule has 4 nitrogen and oxygen atoms in total. The van der Waals surface area contributed by atoms with Crippen LogP contribution in [0.5, 0.6) is 5.75 Å². The number of rotatable bonds is 8. The van der Waals surface area contributed by atoms with Gasteiger partial charge in [0, 0.05) is 5.92 Å². The van der Waals surface area contributed by atoms with Crippen LogP contribution in [0.1, 0.15) is 39.2 Å². The van der Waals surface area contributed by atoms with Crippen LogP contribution in [0.4, 0.5) is 5.69 Å². The molecule has 0 radical (unpaired) electrons. The van der Waals surface area contributed by atoms with Crippen molar-refractivity contribution in [1.29, 1.82) is 0 Å². The summed E-state index contributed by atoms with van der Waals surface area (Å²) < 4.78 is 5.63. The highest BCUT2D eigenvalue weighted by atomic mass is 16.5. The highest BCUT2D eigenvalue weighted by Crippen LogP contribution is 2.27. The zero-order valence-electron chi connectivity index (χ0n) is 12.7. The Morgan fingerprint density at radius 3 is 2.70 bits per heavy atom. The summed E-state index contributed by atoms with van der Waals surface area (Å²) in [4.78, 5) is 11.8. The van der Waals surface area contributed by atoms with Crippen LogP contribution in [0.25, 0.3) is 0 Å². The number of nitrogens with one attached hydrogen (secondary N) is 1. The molecule has 0 heterocycles. The summed E-state index contributed by atoms with van der Waals surface area (Å²) in [5.41, 5.74) is 7.46. The van der Waals surface area contributed by atoms with E-state index in [1.807, 2.05) is 39.0 Å². The van der Waals surface area contributed by atoms with E-state index in [4.69, 9.17) is 10.5 Å². The van der Waals surface area contributed by atoms with E-state index < -0.39 is 0 Å². The van der Waals surface area contributed by atoms with Gasteiger partial charge in [-0.05, 0) is 50.4 Å².